The zero-order valence-electron chi connectivity index (χ0n) is 14.3. The average molecular weight is 373 g/mol. The van der Waals surface area contributed by atoms with Gasteiger partial charge in [0.05, 0.1) is 31.0 Å². The maximum absolute atomic E-state index is 12.1. The van der Waals surface area contributed by atoms with Gasteiger partial charge in [-0.15, -0.1) is 16.4 Å². The molecule has 3 heterocycles. The number of carbonyl (C=O) groups is 1. The van der Waals surface area contributed by atoms with E-state index in [4.69, 9.17) is 4.74 Å². The molecule has 10 heteroatoms. The highest BCUT2D eigenvalue weighted by Gasteiger charge is 2.15. The first-order valence-corrected chi connectivity index (χ1v) is 9.18. The van der Waals surface area contributed by atoms with Crippen LogP contribution in [0.4, 0.5) is 15.6 Å². The lowest BCUT2D eigenvalue weighted by Gasteiger charge is -2.26. The smallest absolute Gasteiger partial charge is 0.319 e. The number of rotatable bonds is 4. The number of benzene rings is 1. The van der Waals surface area contributed by atoms with Crippen molar-refractivity contribution in [1.82, 2.24) is 25.3 Å². The van der Waals surface area contributed by atoms with Crippen molar-refractivity contribution in [2.45, 2.75) is 6.54 Å². The van der Waals surface area contributed by atoms with Crippen molar-refractivity contribution in [2.24, 2.45) is 7.05 Å². The summed E-state index contributed by atoms with van der Waals surface area (Å²) in [7, 11) is 1.83. The Kier molecular flexibility index (Phi) is 4.67. The molecule has 0 saturated carbocycles. The van der Waals surface area contributed by atoms with Crippen LogP contribution in [-0.2, 0) is 18.3 Å². The standard InChI is InChI=1S/C16H19N7O2S/c1-22-14-3-2-11(8-13(14)20-21-22)18-15(24)17-9-12-10-26-16(19-12)23-4-6-25-7-5-23/h2-3,8,10H,4-7,9H2,1H3,(H2,17,18,24). The molecule has 0 aliphatic carbocycles. The molecule has 136 valence electrons. The summed E-state index contributed by atoms with van der Waals surface area (Å²) in [6.45, 7) is 3.54. The highest BCUT2D eigenvalue weighted by molar-refractivity contribution is 7.13. The van der Waals surface area contributed by atoms with Gasteiger partial charge in [-0.25, -0.2) is 14.5 Å². The topological polar surface area (TPSA) is 97.2 Å². The van der Waals surface area contributed by atoms with Crippen LogP contribution in [0.1, 0.15) is 5.69 Å². The minimum atomic E-state index is -0.283. The van der Waals surface area contributed by atoms with Crippen LogP contribution in [0, 0.1) is 0 Å². The number of nitrogens with zero attached hydrogens (tertiary/aromatic N) is 5. The molecule has 2 amide bonds. The summed E-state index contributed by atoms with van der Waals surface area (Å²) in [5, 5.41) is 16.6. The maximum atomic E-state index is 12.1. The largest absolute Gasteiger partial charge is 0.378 e. The molecule has 9 nitrogen and oxygen atoms in total. The number of ether oxygens (including phenoxy) is 1. The van der Waals surface area contributed by atoms with Crippen molar-refractivity contribution in [1.29, 1.82) is 0 Å². The number of nitrogens with one attached hydrogen (secondary N) is 2. The predicted molar refractivity (Wildman–Crippen MR) is 99.5 cm³/mol. The van der Waals surface area contributed by atoms with Crippen LogP contribution in [0.3, 0.4) is 0 Å². The average Bonchev–Trinajstić information content (AvgIpc) is 3.28. The first kappa shape index (κ1) is 16.7. The number of amides is 2. The summed E-state index contributed by atoms with van der Waals surface area (Å²) >= 11 is 1.59. The first-order chi connectivity index (χ1) is 12.7. The summed E-state index contributed by atoms with van der Waals surface area (Å²) in [5.74, 6) is 0. The SMILES string of the molecule is Cn1nnc2cc(NC(=O)NCc3csc(N4CCOCC4)n3)ccc21. The monoisotopic (exact) mass is 373 g/mol. The van der Waals surface area contributed by atoms with Crippen LogP contribution < -0.4 is 15.5 Å². The molecular weight excluding hydrogens is 354 g/mol. The van der Waals surface area contributed by atoms with Crippen LogP contribution in [0.15, 0.2) is 23.6 Å². The number of carbonyl (C=O) groups excluding carboxylic acids is 1. The number of urea groups is 1. The second-order valence-corrected chi connectivity index (χ2v) is 6.78. The van der Waals surface area contributed by atoms with E-state index in [9.17, 15) is 4.79 Å². The molecule has 26 heavy (non-hydrogen) atoms. The Morgan fingerprint density at radius 1 is 1.35 bits per heavy atom. The van der Waals surface area contributed by atoms with Gasteiger partial charge in [-0.05, 0) is 18.2 Å². The minimum Gasteiger partial charge on any atom is -0.378 e. The van der Waals surface area contributed by atoms with Gasteiger partial charge in [0.2, 0.25) is 0 Å². The van der Waals surface area contributed by atoms with E-state index in [1.807, 2.05) is 24.6 Å². The van der Waals surface area contributed by atoms with E-state index in [1.54, 1.807) is 22.1 Å². The van der Waals surface area contributed by atoms with Gasteiger partial charge in [-0.1, -0.05) is 5.21 Å². The zero-order chi connectivity index (χ0) is 17.9. The van der Waals surface area contributed by atoms with Gasteiger partial charge in [0.25, 0.3) is 0 Å². The van der Waals surface area contributed by atoms with Gasteiger partial charge in [-0.2, -0.15) is 0 Å². The van der Waals surface area contributed by atoms with Crippen molar-refractivity contribution < 1.29 is 9.53 Å². The fraction of sp³-hybridized carbons (Fsp3) is 0.375. The lowest BCUT2D eigenvalue weighted by atomic mass is 10.3. The van der Waals surface area contributed by atoms with Crippen molar-refractivity contribution in [3.8, 4) is 0 Å². The van der Waals surface area contributed by atoms with Crippen LogP contribution in [0.2, 0.25) is 0 Å². The number of anilines is 2. The van der Waals surface area contributed by atoms with Crippen molar-refractivity contribution in [2.75, 3.05) is 36.5 Å². The van der Waals surface area contributed by atoms with Crippen LogP contribution in [0.5, 0.6) is 0 Å². The highest BCUT2D eigenvalue weighted by Crippen LogP contribution is 2.21. The third kappa shape index (κ3) is 3.60. The number of fused-ring (bicyclic) bond motifs is 1. The molecule has 2 N–H and O–H groups in total. The highest BCUT2D eigenvalue weighted by atomic mass is 32.1. The van der Waals surface area contributed by atoms with E-state index in [0.29, 0.717) is 12.2 Å². The summed E-state index contributed by atoms with van der Waals surface area (Å²) in [5.41, 5.74) is 3.16. The molecule has 0 radical (unpaired) electrons. The van der Waals surface area contributed by atoms with Gasteiger partial charge < -0.3 is 20.3 Å². The van der Waals surface area contributed by atoms with Crippen molar-refractivity contribution in [3.63, 3.8) is 0 Å². The molecule has 1 fully saturated rings. The lowest BCUT2D eigenvalue weighted by molar-refractivity contribution is 0.122. The number of hydrogen-bond acceptors (Lipinski definition) is 7. The molecular formula is C16H19N7O2S. The Morgan fingerprint density at radius 2 is 2.19 bits per heavy atom. The first-order valence-electron chi connectivity index (χ1n) is 8.30. The van der Waals surface area contributed by atoms with Gasteiger partial charge in [-0.3, -0.25) is 0 Å². The molecule has 1 aliphatic heterocycles. The van der Waals surface area contributed by atoms with Crippen LogP contribution in [-0.4, -0.2) is 52.3 Å². The fourth-order valence-electron chi connectivity index (χ4n) is 2.74. The molecule has 1 saturated heterocycles. The molecule has 3 aromatic rings. The molecule has 0 atom stereocenters. The van der Waals surface area contributed by atoms with E-state index in [2.05, 4.69) is 30.8 Å². The summed E-state index contributed by atoms with van der Waals surface area (Å²) < 4.78 is 7.04. The van der Waals surface area contributed by atoms with Crippen molar-refractivity contribution in [3.05, 3.63) is 29.3 Å². The van der Waals surface area contributed by atoms with Gasteiger partial charge in [0.15, 0.2) is 5.13 Å². The van der Waals surface area contributed by atoms with E-state index in [-0.39, 0.29) is 6.03 Å². The minimum absolute atomic E-state index is 0.283. The molecule has 1 aliphatic rings. The fourth-order valence-corrected chi connectivity index (χ4v) is 3.62. The Labute approximate surface area is 154 Å². The number of morpholine rings is 1. The van der Waals surface area contributed by atoms with Crippen LogP contribution in [0.25, 0.3) is 11.0 Å². The van der Waals surface area contributed by atoms with Gasteiger partial charge in [0.1, 0.15) is 5.52 Å². The quantitative estimate of drug-likeness (QED) is 0.721. The van der Waals surface area contributed by atoms with Gasteiger partial charge >= 0.3 is 6.03 Å². The van der Waals surface area contributed by atoms with E-state index in [0.717, 1.165) is 48.2 Å². The van der Waals surface area contributed by atoms with Crippen molar-refractivity contribution >= 4 is 39.2 Å². The second kappa shape index (κ2) is 7.26. The van der Waals surface area contributed by atoms with Crippen LogP contribution >= 0.6 is 11.3 Å². The van der Waals surface area contributed by atoms with Gasteiger partial charge in [0, 0.05) is 31.2 Å². The molecule has 0 unspecified atom stereocenters. The normalized spacial score (nSPS) is 14.6. The Balaban J connectivity index is 1.32. The predicted octanol–water partition coefficient (Wildman–Crippen LogP) is 1.58. The van der Waals surface area contributed by atoms with E-state index in [1.165, 1.54) is 0 Å². The van der Waals surface area contributed by atoms with E-state index >= 15 is 0 Å². The number of aryl methyl sites for hydroxylation is 1. The Bertz CT molecular complexity index is 916. The lowest BCUT2D eigenvalue weighted by Crippen LogP contribution is -2.36. The number of aromatic nitrogens is 4. The third-order valence-corrected chi connectivity index (χ3v) is 5.07. The number of thiazole rings is 1. The van der Waals surface area contributed by atoms with E-state index < -0.39 is 0 Å². The summed E-state index contributed by atoms with van der Waals surface area (Å²) in [4.78, 5) is 18.9. The molecule has 1 aromatic carbocycles. The molecule has 0 bridgehead atoms. The number of hydrogen-bond donors (Lipinski definition) is 2. The third-order valence-electron chi connectivity index (χ3n) is 4.12. The Hall–Kier alpha value is -2.72. The summed E-state index contributed by atoms with van der Waals surface area (Å²) in [6.07, 6.45) is 0. The molecule has 0 spiro atoms. The Morgan fingerprint density at radius 3 is 3.04 bits per heavy atom. The zero-order valence-corrected chi connectivity index (χ0v) is 15.1. The molecule has 4 rings (SSSR count). The summed E-state index contributed by atoms with van der Waals surface area (Å²) in [6, 6.07) is 5.21. The maximum Gasteiger partial charge on any atom is 0.319 e. The molecule has 2 aromatic heterocycles. The second-order valence-electron chi connectivity index (χ2n) is 5.95.